The summed E-state index contributed by atoms with van der Waals surface area (Å²) in [6.07, 6.45) is 1.17. The molecule has 96 valence electrons. The molecule has 1 aliphatic rings. The van der Waals surface area contributed by atoms with Crippen LogP contribution in [0, 0.1) is 5.92 Å². The smallest absolute Gasteiger partial charge is 0.408 e. The van der Waals surface area contributed by atoms with Gasteiger partial charge in [-0.25, -0.2) is 4.79 Å². The van der Waals surface area contributed by atoms with Crippen LogP contribution in [0.4, 0.5) is 11.4 Å². The van der Waals surface area contributed by atoms with Crippen LogP contribution in [0.15, 0.2) is 21.3 Å². The normalized spacial score (nSPS) is 24.0. The molecule has 18 heavy (non-hydrogen) atoms. The fraction of sp³-hybridized carbons (Fsp3) is 0.462. The lowest BCUT2D eigenvalue weighted by Crippen LogP contribution is -2.27. The molecule has 2 atom stereocenters. The second kappa shape index (κ2) is 3.80. The zero-order chi connectivity index (χ0) is 12.9. The Hall–Kier alpha value is -1.91. The van der Waals surface area contributed by atoms with Crippen molar-refractivity contribution >= 4 is 22.5 Å². The van der Waals surface area contributed by atoms with Crippen LogP contribution in [-0.4, -0.2) is 17.6 Å². The first-order valence-corrected chi connectivity index (χ1v) is 6.23. The molecule has 3 N–H and O–H groups in total. The van der Waals surface area contributed by atoms with Gasteiger partial charge < -0.3 is 15.1 Å². The molecular formula is C13H17N3O2. The Bertz CT molecular complexity index is 643. The van der Waals surface area contributed by atoms with E-state index >= 15 is 0 Å². The minimum absolute atomic E-state index is 0.440. The standard InChI is InChI=1S/C13H17N3O2/c1-7-3-8(2)16(6-7)11-5-10-12(4-9(11)14)18-13(17)15-10/h4-5,7-8H,3,6,14H2,1-2H3,(H,15,17). The molecule has 1 aliphatic heterocycles. The van der Waals surface area contributed by atoms with Crippen molar-refractivity contribution in [1.29, 1.82) is 0 Å². The molecule has 3 rings (SSSR count). The number of oxazole rings is 1. The molecule has 5 nitrogen and oxygen atoms in total. The van der Waals surface area contributed by atoms with Crippen molar-refractivity contribution in [2.24, 2.45) is 5.92 Å². The van der Waals surface area contributed by atoms with Gasteiger partial charge in [-0.15, -0.1) is 0 Å². The van der Waals surface area contributed by atoms with Gasteiger partial charge >= 0.3 is 5.76 Å². The zero-order valence-electron chi connectivity index (χ0n) is 10.6. The molecule has 2 unspecified atom stereocenters. The number of nitrogens with two attached hydrogens (primary N) is 1. The summed E-state index contributed by atoms with van der Waals surface area (Å²) < 4.78 is 5.00. The number of hydrogen-bond acceptors (Lipinski definition) is 4. The average Bonchev–Trinajstić information content (AvgIpc) is 2.79. The summed E-state index contributed by atoms with van der Waals surface area (Å²) in [4.78, 5) is 16.1. The minimum Gasteiger partial charge on any atom is -0.408 e. The lowest BCUT2D eigenvalue weighted by atomic mass is 10.1. The van der Waals surface area contributed by atoms with Crippen molar-refractivity contribution in [3.05, 3.63) is 22.7 Å². The third-order valence-corrected chi connectivity index (χ3v) is 3.66. The SMILES string of the molecule is CC1CC(C)N(c2cc3[nH]c(=O)oc3cc2N)C1. The summed E-state index contributed by atoms with van der Waals surface area (Å²) in [6.45, 7) is 5.44. The molecule has 1 saturated heterocycles. The number of nitrogen functional groups attached to an aromatic ring is 1. The van der Waals surface area contributed by atoms with Gasteiger partial charge in [-0.05, 0) is 25.3 Å². The molecule has 2 heterocycles. The molecule has 5 heteroatoms. The monoisotopic (exact) mass is 247 g/mol. The van der Waals surface area contributed by atoms with Crippen LogP contribution in [0.25, 0.3) is 11.1 Å². The number of rotatable bonds is 1. The lowest BCUT2D eigenvalue weighted by Gasteiger charge is -2.25. The summed E-state index contributed by atoms with van der Waals surface area (Å²) in [5.74, 6) is 0.225. The van der Waals surface area contributed by atoms with Crippen molar-refractivity contribution in [1.82, 2.24) is 4.98 Å². The topological polar surface area (TPSA) is 75.3 Å². The van der Waals surface area contributed by atoms with Crippen LogP contribution >= 0.6 is 0 Å². The number of nitrogens with zero attached hydrogens (tertiary/aromatic N) is 1. The summed E-state index contributed by atoms with van der Waals surface area (Å²) >= 11 is 0. The predicted molar refractivity (Wildman–Crippen MR) is 71.8 cm³/mol. The molecule has 0 spiro atoms. The van der Waals surface area contributed by atoms with Crippen LogP contribution in [-0.2, 0) is 0 Å². The highest BCUT2D eigenvalue weighted by molar-refractivity contribution is 5.85. The van der Waals surface area contributed by atoms with Crippen LogP contribution in [0.5, 0.6) is 0 Å². The van der Waals surface area contributed by atoms with Crippen molar-refractivity contribution < 1.29 is 4.42 Å². The molecule has 1 aromatic carbocycles. The molecule has 1 aromatic heterocycles. The first kappa shape index (κ1) is 11.2. The molecule has 0 amide bonds. The van der Waals surface area contributed by atoms with Gasteiger partial charge in [-0.3, -0.25) is 4.98 Å². The summed E-state index contributed by atoms with van der Waals surface area (Å²) in [6, 6.07) is 4.10. The van der Waals surface area contributed by atoms with Crippen LogP contribution in [0.3, 0.4) is 0 Å². The maximum atomic E-state index is 11.2. The van der Waals surface area contributed by atoms with Gasteiger partial charge in [-0.2, -0.15) is 0 Å². The summed E-state index contributed by atoms with van der Waals surface area (Å²) in [5.41, 5.74) is 8.93. The number of benzene rings is 1. The quantitative estimate of drug-likeness (QED) is 0.755. The summed E-state index contributed by atoms with van der Waals surface area (Å²) in [5, 5.41) is 0. The van der Waals surface area contributed by atoms with Gasteiger partial charge in [0.25, 0.3) is 0 Å². The Morgan fingerprint density at radius 2 is 2.22 bits per heavy atom. The van der Waals surface area contributed by atoms with E-state index in [1.54, 1.807) is 6.07 Å². The van der Waals surface area contributed by atoms with E-state index in [4.69, 9.17) is 10.2 Å². The van der Waals surface area contributed by atoms with Crippen LogP contribution < -0.4 is 16.4 Å². The number of aromatic nitrogens is 1. The fourth-order valence-electron chi connectivity index (χ4n) is 2.89. The van der Waals surface area contributed by atoms with E-state index in [0.29, 0.717) is 28.7 Å². The Labute approximate surface area is 105 Å². The zero-order valence-corrected chi connectivity index (χ0v) is 10.6. The van der Waals surface area contributed by atoms with Crippen molar-refractivity contribution in [3.8, 4) is 0 Å². The van der Waals surface area contributed by atoms with E-state index < -0.39 is 5.76 Å². The van der Waals surface area contributed by atoms with Crippen LogP contribution in [0.2, 0.25) is 0 Å². The number of aromatic amines is 1. The number of hydrogen-bond donors (Lipinski definition) is 2. The van der Waals surface area contributed by atoms with E-state index in [9.17, 15) is 4.79 Å². The predicted octanol–water partition coefficient (Wildman–Crippen LogP) is 1.94. The third-order valence-electron chi connectivity index (χ3n) is 3.66. The van der Waals surface area contributed by atoms with Crippen molar-refractivity contribution in [3.63, 3.8) is 0 Å². The number of fused-ring (bicyclic) bond motifs is 1. The molecule has 0 radical (unpaired) electrons. The van der Waals surface area contributed by atoms with Gasteiger partial charge in [0.15, 0.2) is 5.58 Å². The van der Waals surface area contributed by atoms with Gasteiger partial charge in [0.2, 0.25) is 0 Å². The second-order valence-electron chi connectivity index (χ2n) is 5.26. The largest absolute Gasteiger partial charge is 0.417 e. The lowest BCUT2D eigenvalue weighted by molar-refractivity contribution is 0.555. The summed E-state index contributed by atoms with van der Waals surface area (Å²) in [7, 11) is 0. The average molecular weight is 247 g/mol. The Morgan fingerprint density at radius 1 is 1.44 bits per heavy atom. The molecular weight excluding hydrogens is 230 g/mol. The Balaban J connectivity index is 2.11. The molecule has 0 saturated carbocycles. The Kier molecular flexibility index (Phi) is 2.36. The fourth-order valence-corrected chi connectivity index (χ4v) is 2.89. The van der Waals surface area contributed by atoms with Gasteiger partial charge in [0, 0.05) is 18.7 Å². The molecule has 0 bridgehead atoms. The second-order valence-corrected chi connectivity index (χ2v) is 5.26. The molecule has 2 aromatic rings. The number of H-pyrrole nitrogens is 1. The highest BCUT2D eigenvalue weighted by Gasteiger charge is 2.27. The number of nitrogens with one attached hydrogen (secondary N) is 1. The highest BCUT2D eigenvalue weighted by Crippen LogP contribution is 2.34. The maximum Gasteiger partial charge on any atom is 0.417 e. The van der Waals surface area contributed by atoms with Crippen LogP contribution in [0.1, 0.15) is 20.3 Å². The Morgan fingerprint density at radius 3 is 2.89 bits per heavy atom. The first-order valence-electron chi connectivity index (χ1n) is 6.23. The minimum atomic E-state index is -0.440. The van der Waals surface area contributed by atoms with E-state index in [2.05, 4.69) is 23.7 Å². The van der Waals surface area contributed by atoms with Gasteiger partial charge in [0.05, 0.1) is 16.9 Å². The van der Waals surface area contributed by atoms with Gasteiger partial charge in [0.1, 0.15) is 0 Å². The molecule has 0 aliphatic carbocycles. The van der Waals surface area contributed by atoms with Crippen molar-refractivity contribution in [2.75, 3.05) is 17.2 Å². The van der Waals surface area contributed by atoms with E-state index in [1.165, 1.54) is 6.42 Å². The highest BCUT2D eigenvalue weighted by atomic mass is 16.4. The number of anilines is 2. The van der Waals surface area contributed by atoms with Crippen molar-refractivity contribution in [2.45, 2.75) is 26.3 Å². The first-order chi connectivity index (χ1) is 8.54. The van der Waals surface area contributed by atoms with E-state index in [1.807, 2.05) is 6.07 Å². The maximum absolute atomic E-state index is 11.2. The van der Waals surface area contributed by atoms with Gasteiger partial charge in [-0.1, -0.05) is 6.92 Å². The molecule has 1 fully saturated rings. The third kappa shape index (κ3) is 1.66. The van der Waals surface area contributed by atoms with E-state index in [0.717, 1.165) is 12.2 Å². The van der Waals surface area contributed by atoms with E-state index in [-0.39, 0.29) is 0 Å².